The third-order valence-corrected chi connectivity index (χ3v) is 4.11. The van der Waals surface area contributed by atoms with Crippen LogP contribution in [0.4, 0.5) is 0 Å². The lowest BCUT2D eigenvalue weighted by molar-refractivity contribution is -0.119. The number of benzene rings is 2. The van der Waals surface area contributed by atoms with Gasteiger partial charge in [-0.15, -0.1) is 12.4 Å². The van der Waals surface area contributed by atoms with Crippen molar-refractivity contribution in [1.82, 2.24) is 16.0 Å². The van der Waals surface area contributed by atoms with Gasteiger partial charge in [-0.1, -0.05) is 30.3 Å². The van der Waals surface area contributed by atoms with E-state index in [1.165, 1.54) is 18.1 Å². The van der Waals surface area contributed by atoms with Gasteiger partial charge in [-0.2, -0.15) is 0 Å². The van der Waals surface area contributed by atoms with Crippen LogP contribution < -0.4 is 16.0 Å². The Kier molecular flexibility index (Phi) is 6.56. The van der Waals surface area contributed by atoms with Gasteiger partial charge in [-0.05, 0) is 34.4 Å². The summed E-state index contributed by atoms with van der Waals surface area (Å²) in [7, 11) is 0. The van der Waals surface area contributed by atoms with Crippen molar-refractivity contribution in [3.63, 3.8) is 0 Å². The number of hydrogen-bond acceptors (Lipinski definition) is 3. The predicted octanol–water partition coefficient (Wildman–Crippen LogP) is 2.28. The third kappa shape index (κ3) is 5.05. The van der Waals surface area contributed by atoms with E-state index < -0.39 is 0 Å². The fourth-order valence-corrected chi connectivity index (χ4v) is 2.74. The van der Waals surface area contributed by atoms with Gasteiger partial charge in [-0.3, -0.25) is 9.59 Å². The van der Waals surface area contributed by atoms with Gasteiger partial charge in [0, 0.05) is 38.7 Å². The molecule has 1 aliphatic heterocycles. The van der Waals surface area contributed by atoms with Gasteiger partial charge in [0.15, 0.2) is 0 Å². The fraction of sp³-hybridized carbons (Fsp3) is 0.263. The SMILES string of the molecule is CC(=O)NCc1ccc(C(=O)NCc2ccc3c(c2)CNC3)cc1.Cl. The maximum atomic E-state index is 12.2. The van der Waals surface area contributed by atoms with Crippen molar-refractivity contribution >= 4 is 24.2 Å². The number of rotatable bonds is 5. The number of amides is 2. The normalized spacial score (nSPS) is 12.0. The number of carbonyl (C=O) groups is 2. The molecule has 132 valence electrons. The highest BCUT2D eigenvalue weighted by molar-refractivity contribution is 5.94. The van der Waals surface area contributed by atoms with E-state index in [0.29, 0.717) is 18.7 Å². The van der Waals surface area contributed by atoms with Crippen molar-refractivity contribution in [3.05, 3.63) is 70.3 Å². The van der Waals surface area contributed by atoms with Gasteiger partial charge in [0.2, 0.25) is 5.91 Å². The molecule has 0 radical (unpaired) electrons. The van der Waals surface area contributed by atoms with Crippen LogP contribution in [-0.2, 0) is 31.0 Å². The molecular formula is C19H22ClN3O2. The molecule has 0 atom stereocenters. The molecule has 2 amide bonds. The standard InChI is InChI=1S/C19H21N3O2.ClH/c1-13(23)21-9-14-2-5-16(6-3-14)19(24)22-10-15-4-7-17-11-20-12-18(17)8-15;/h2-8,20H,9-12H2,1H3,(H,21,23)(H,22,24);1H. The molecule has 0 saturated carbocycles. The molecule has 6 heteroatoms. The van der Waals surface area contributed by atoms with Gasteiger partial charge >= 0.3 is 0 Å². The lowest BCUT2D eigenvalue weighted by Crippen LogP contribution is -2.23. The minimum absolute atomic E-state index is 0. The monoisotopic (exact) mass is 359 g/mol. The Balaban J connectivity index is 0.00000225. The fourth-order valence-electron chi connectivity index (χ4n) is 2.74. The highest BCUT2D eigenvalue weighted by atomic mass is 35.5. The number of carbonyl (C=O) groups excluding carboxylic acids is 2. The van der Waals surface area contributed by atoms with Crippen molar-refractivity contribution in [2.24, 2.45) is 0 Å². The van der Waals surface area contributed by atoms with Crippen LogP contribution in [0.1, 0.15) is 39.5 Å². The van der Waals surface area contributed by atoms with Gasteiger partial charge in [-0.25, -0.2) is 0 Å². The molecule has 0 unspecified atom stereocenters. The Labute approximate surface area is 153 Å². The zero-order valence-corrected chi connectivity index (χ0v) is 14.9. The molecule has 1 aliphatic rings. The molecule has 0 bridgehead atoms. The number of fused-ring (bicyclic) bond motifs is 1. The maximum absolute atomic E-state index is 12.2. The third-order valence-electron chi connectivity index (χ3n) is 4.11. The van der Waals surface area contributed by atoms with Crippen LogP contribution in [-0.4, -0.2) is 11.8 Å². The minimum atomic E-state index is -0.0975. The molecule has 3 rings (SSSR count). The summed E-state index contributed by atoms with van der Waals surface area (Å²) in [5.41, 5.74) is 5.33. The smallest absolute Gasteiger partial charge is 0.251 e. The van der Waals surface area contributed by atoms with Crippen molar-refractivity contribution in [2.45, 2.75) is 33.1 Å². The van der Waals surface area contributed by atoms with Crippen LogP contribution in [0.15, 0.2) is 42.5 Å². The highest BCUT2D eigenvalue weighted by Gasteiger charge is 2.11. The average molecular weight is 360 g/mol. The summed E-state index contributed by atoms with van der Waals surface area (Å²) >= 11 is 0. The summed E-state index contributed by atoms with van der Waals surface area (Å²) in [5.74, 6) is -0.166. The van der Waals surface area contributed by atoms with E-state index in [1.807, 2.05) is 12.1 Å². The molecular weight excluding hydrogens is 338 g/mol. The van der Waals surface area contributed by atoms with Crippen LogP contribution in [0.2, 0.25) is 0 Å². The van der Waals surface area contributed by atoms with Crippen molar-refractivity contribution in [1.29, 1.82) is 0 Å². The van der Waals surface area contributed by atoms with Crippen molar-refractivity contribution in [2.75, 3.05) is 0 Å². The summed E-state index contributed by atoms with van der Waals surface area (Å²) in [6, 6.07) is 13.6. The summed E-state index contributed by atoms with van der Waals surface area (Å²) in [4.78, 5) is 23.1. The summed E-state index contributed by atoms with van der Waals surface area (Å²) < 4.78 is 0. The van der Waals surface area contributed by atoms with Crippen LogP contribution in [0.3, 0.4) is 0 Å². The molecule has 0 spiro atoms. The highest BCUT2D eigenvalue weighted by Crippen LogP contribution is 2.17. The number of nitrogens with one attached hydrogen (secondary N) is 3. The minimum Gasteiger partial charge on any atom is -0.352 e. The molecule has 2 aromatic rings. The molecule has 0 aliphatic carbocycles. The lowest BCUT2D eigenvalue weighted by atomic mass is 10.1. The molecule has 5 nitrogen and oxygen atoms in total. The Hall–Kier alpha value is -2.37. The summed E-state index contributed by atoms with van der Waals surface area (Å²) in [5, 5.41) is 8.99. The largest absolute Gasteiger partial charge is 0.352 e. The Morgan fingerprint density at radius 1 is 0.920 bits per heavy atom. The van der Waals surface area contributed by atoms with Crippen LogP contribution in [0, 0.1) is 0 Å². The zero-order valence-electron chi connectivity index (χ0n) is 14.1. The second-order valence-corrected chi connectivity index (χ2v) is 6.00. The second-order valence-electron chi connectivity index (χ2n) is 6.00. The zero-order chi connectivity index (χ0) is 16.9. The Bertz CT molecular complexity index is 760. The summed E-state index contributed by atoms with van der Waals surface area (Å²) in [6.45, 7) is 4.29. The summed E-state index contributed by atoms with van der Waals surface area (Å²) in [6.07, 6.45) is 0. The van der Waals surface area contributed by atoms with Crippen LogP contribution in [0.5, 0.6) is 0 Å². The van der Waals surface area contributed by atoms with Crippen molar-refractivity contribution < 1.29 is 9.59 Å². The van der Waals surface area contributed by atoms with E-state index >= 15 is 0 Å². The molecule has 2 aromatic carbocycles. The average Bonchev–Trinajstić information content (AvgIpc) is 3.06. The molecule has 3 N–H and O–H groups in total. The maximum Gasteiger partial charge on any atom is 0.251 e. The quantitative estimate of drug-likeness (QED) is 0.767. The van der Waals surface area contributed by atoms with Crippen LogP contribution in [0.25, 0.3) is 0 Å². The van der Waals surface area contributed by atoms with Gasteiger partial charge in [0.1, 0.15) is 0 Å². The molecule has 0 aromatic heterocycles. The number of hydrogen-bond donors (Lipinski definition) is 3. The van der Waals surface area contributed by atoms with Gasteiger partial charge in [0.05, 0.1) is 0 Å². The van der Waals surface area contributed by atoms with E-state index in [2.05, 4.69) is 34.1 Å². The van der Waals surface area contributed by atoms with E-state index in [9.17, 15) is 9.59 Å². The topological polar surface area (TPSA) is 70.2 Å². The van der Waals surface area contributed by atoms with Gasteiger partial charge < -0.3 is 16.0 Å². The molecule has 25 heavy (non-hydrogen) atoms. The van der Waals surface area contributed by atoms with E-state index in [4.69, 9.17) is 0 Å². The van der Waals surface area contributed by atoms with Crippen LogP contribution >= 0.6 is 12.4 Å². The molecule has 1 heterocycles. The molecule has 0 saturated heterocycles. The first-order chi connectivity index (χ1) is 11.6. The Morgan fingerprint density at radius 2 is 1.56 bits per heavy atom. The first-order valence-corrected chi connectivity index (χ1v) is 8.05. The van der Waals surface area contributed by atoms with E-state index in [0.717, 1.165) is 24.2 Å². The second kappa shape index (κ2) is 8.65. The Morgan fingerprint density at radius 3 is 2.28 bits per heavy atom. The van der Waals surface area contributed by atoms with E-state index in [1.54, 1.807) is 12.1 Å². The number of halogens is 1. The predicted molar refractivity (Wildman–Crippen MR) is 99.4 cm³/mol. The van der Waals surface area contributed by atoms with E-state index in [-0.39, 0.29) is 24.2 Å². The van der Waals surface area contributed by atoms with Crippen molar-refractivity contribution in [3.8, 4) is 0 Å². The first kappa shape index (κ1) is 19.0. The molecule has 0 fully saturated rings. The first-order valence-electron chi connectivity index (χ1n) is 8.05. The lowest BCUT2D eigenvalue weighted by Gasteiger charge is -2.08. The van der Waals surface area contributed by atoms with Gasteiger partial charge in [0.25, 0.3) is 5.91 Å².